The van der Waals surface area contributed by atoms with Gasteiger partial charge in [-0.2, -0.15) is 0 Å². The quantitative estimate of drug-likeness (QED) is 0.833. The molecule has 1 heterocycles. The van der Waals surface area contributed by atoms with Gasteiger partial charge in [0.1, 0.15) is 6.79 Å². The second-order valence-corrected chi connectivity index (χ2v) is 2.93. The van der Waals surface area contributed by atoms with E-state index in [1.54, 1.807) is 6.08 Å². The summed E-state index contributed by atoms with van der Waals surface area (Å²) in [7, 11) is 0. The van der Waals surface area contributed by atoms with Crippen molar-refractivity contribution in [1.82, 2.24) is 4.98 Å². The highest BCUT2D eigenvalue weighted by Gasteiger charge is 2.04. The SMILES string of the molecule is C=Cc1c(CC)c[nH]c1/C=C(\C)F.C=O.CC. The summed E-state index contributed by atoms with van der Waals surface area (Å²) in [6.07, 6.45) is 6.06. The molecule has 0 unspecified atom stereocenters. The van der Waals surface area contributed by atoms with Crippen LogP contribution in [0.4, 0.5) is 4.39 Å². The molecule has 0 amide bonds. The molecule has 0 spiro atoms. The number of rotatable bonds is 3. The minimum absolute atomic E-state index is 0.201. The second-order valence-electron chi connectivity index (χ2n) is 2.93. The van der Waals surface area contributed by atoms with Crippen molar-refractivity contribution in [1.29, 1.82) is 0 Å². The maximum Gasteiger partial charge on any atom is 0.106 e. The molecule has 1 aromatic rings. The third-order valence-electron chi connectivity index (χ3n) is 1.97. The van der Waals surface area contributed by atoms with Gasteiger partial charge in [-0.1, -0.05) is 33.4 Å². The standard InChI is InChI=1S/C11H14FN.C2H6.CH2O/c1-4-9-7-13-11(6-8(3)12)10(9)5-2;2*1-2/h5-7,13H,2,4H2,1,3H3;1-2H3;1H2/b8-6+;;. The van der Waals surface area contributed by atoms with Crippen LogP contribution in [-0.4, -0.2) is 11.8 Å². The lowest BCUT2D eigenvalue weighted by Gasteiger charge is -1.95. The Balaban J connectivity index is 0. The first-order valence-corrected chi connectivity index (χ1v) is 5.64. The van der Waals surface area contributed by atoms with Gasteiger partial charge >= 0.3 is 0 Å². The van der Waals surface area contributed by atoms with Crippen LogP contribution < -0.4 is 0 Å². The van der Waals surface area contributed by atoms with Gasteiger partial charge in [0.25, 0.3) is 0 Å². The number of halogens is 1. The molecule has 0 radical (unpaired) electrons. The fraction of sp³-hybridized carbons (Fsp3) is 0.357. The Kier molecular flexibility index (Phi) is 11.3. The molecule has 0 saturated carbocycles. The minimum Gasteiger partial charge on any atom is -0.361 e. The highest BCUT2D eigenvalue weighted by molar-refractivity contribution is 5.65. The van der Waals surface area contributed by atoms with Crippen LogP contribution in [0.25, 0.3) is 12.2 Å². The number of aromatic nitrogens is 1. The summed E-state index contributed by atoms with van der Waals surface area (Å²) in [5, 5.41) is 0. The summed E-state index contributed by atoms with van der Waals surface area (Å²) in [4.78, 5) is 11.0. The fourth-order valence-corrected chi connectivity index (χ4v) is 1.35. The highest BCUT2D eigenvalue weighted by Crippen LogP contribution is 2.18. The van der Waals surface area contributed by atoms with E-state index < -0.39 is 0 Å². The van der Waals surface area contributed by atoms with E-state index in [1.807, 2.05) is 26.8 Å². The van der Waals surface area contributed by atoms with Gasteiger partial charge in [-0.05, 0) is 25.0 Å². The average Bonchev–Trinajstić information content (AvgIpc) is 2.75. The topological polar surface area (TPSA) is 32.9 Å². The van der Waals surface area contributed by atoms with Crippen LogP contribution in [0.1, 0.15) is 44.5 Å². The van der Waals surface area contributed by atoms with Gasteiger partial charge in [-0.3, -0.25) is 0 Å². The van der Waals surface area contributed by atoms with Gasteiger partial charge in [0.05, 0.1) is 5.83 Å². The van der Waals surface area contributed by atoms with E-state index in [2.05, 4.69) is 18.5 Å². The van der Waals surface area contributed by atoms with Crippen molar-refractivity contribution in [2.45, 2.75) is 34.1 Å². The predicted molar refractivity (Wildman–Crippen MR) is 73.5 cm³/mol. The van der Waals surface area contributed by atoms with Gasteiger partial charge in [-0.15, -0.1) is 0 Å². The normalized spacial score (nSPS) is 9.59. The van der Waals surface area contributed by atoms with Gasteiger partial charge < -0.3 is 9.78 Å². The monoisotopic (exact) mass is 239 g/mol. The van der Waals surface area contributed by atoms with Crippen molar-refractivity contribution in [2.24, 2.45) is 0 Å². The van der Waals surface area contributed by atoms with E-state index >= 15 is 0 Å². The lowest BCUT2D eigenvalue weighted by atomic mass is 10.1. The molecule has 1 N–H and O–H groups in total. The molecule has 3 heteroatoms. The highest BCUT2D eigenvalue weighted by atomic mass is 19.1. The Labute approximate surface area is 103 Å². The zero-order chi connectivity index (χ0) is 13.8. The van der Waals surface area contributed by atoms with Crippen molar-refractivity contribution in [2.75, 3.05) is 0 Å². The number of carbonyl (C=O) groups is 1. The first-order chi connectivity index (χ1) is 8.19. The smallest absolute Gasteiger partial charge is 0.106 e. The van der Waals surface area contributed by atoms with Crippen molar-refractivity contribution >= 4 is 18.9 Å². The Morgan fingerprint density at radius 2 is 2.00 bits per heavy atom. The number of nitrogens with one attached hydrogen (secondary N) is 1. The van der Waals surface area contributed by atoms with E-state index in [0.29, 0.717) is 0 Å². The Bertz CT molecular complexity index is 349. The number of hydrogen-bond donors (Lipinski definition) is 1. The van der Waals surface area contributed by atoms with Crippen molar-refractivity contribution in [3.8, 4) is 0 Å². The lowest BCUT2D eigenvalue weighted by Crippen LogP contribution is -1.81. The zero-order valence-corrected chi connectivity index (χ0v) is 11.1. The summed E-state index contributed by atoms with van der Waals surface area (Å²) >= 11 is 0. The largest absolute Gasteiger partial charge is 0.361 e. The van der Waals surface area contributed by atoms with Crippen LogP contribution >= 0.6 is 0 Å². The molecule has 0 atom stereocenters. The molecule has 0 aliphatic carbocycles. The number of aryl methyl sites for hydroxylation is 1. The van der Waals surface area contributed by atoms with Gasteiger partial charge in [0.15, 0.2) is 0 Å². The summed E-state index contributed by atoms with van der Waals surface area (Å²) in [5.74, 6) is -0.201. The van der Waals surface area contributed by atoms with Gasteiger partial charge in [0, 0.05) is 17.5 Å². The van der Waals surface area contributed by atoms with Crippen LogP contribution in [-0.2, 0) is 11.2 Å². The number of hydrogen-bond acceptors (Lipinski definition) is 1. The predicted octanol–water partition coefficient (Wildman–Crippen LogP) is 4.39. The fourth-order valence-electron chi connectivity index (χ4n) is 1.35. The number of H-pyrrole nitrogens is 1. The molecular weight excluding hydrogens is 217 g/mol. The van der Waals surface area contributed by atoms with Gasteiger partial charge in [0.2, 0.25) is 0 Å². The van der Waals surface area contributed by atoms with Crippen LogP contribution in [0.5, 0.6) is 0 Å². The zero-order valence-electron chi connectivity index (χ0n) is 11.1. The molecule has 0 bridgehead atoms. The molecule has 0 aromatic carbocycles. The summed E-state index contributed by atoms with van der Waals surface area (Å²) in [6.45, 7) is 13.2. The molecule has 17 heavy (non-hydrogen) atoms. The molecule has 0 aliphatic heterocycles. The number of aromatic amines is 1. The van der Waals surface area contributed by atoms with Crippen molar-refractivity contribution in [3.05, 3.63) is 35.4 Å². The second kappa shape index (κ2) is 10.9. The molecular formula is C14H22FNO. The van der Waals surface area contributed by atoms with Crippen molar-refractivity contribution < 1.29 is 9.18 Å². The van der Waals surface area contributed by atoms with E-state index in [9.17, 15) is 4.39 Å². The molecule has 0 fully saturated rings. The summed E-state index contributed by atoms with van der Waals surface area (Å²) in [6, 6.07) is 0. The van der Waals surface area contributed by atoms with E-state index in [4.69, 9.17) is 4.79 Å². The average molecular weight is 239 g/mol. The Morgan fingerprint density at radius 3 is 2.35 bits per heavy atom. The third kappa shape index (κ3) is 5.85. The number of allylic oxidation sites excluding steroid dienone is 1. The van der Waals surface area contributed by atoms with Crippen LogP contribution in [0.15, 0.2) is 18.6 Å². The van der Waals surface area contributed by atoms with Crippen LogP contribution in [0, 0.1) is 0 Å². The lowest BCUT2D eigenvalue weighted by molar-refractivity contribution is -0.0979. The molecule has 0 aliphatic rings. The molecule has 96 valence electrons. The molecule has 1 aromatic heterocycles. The van der Waals surface area contributed by atoms with Crippen LogP contribution in [0.2, 0.25) is 0 Å². The maximum absolute atomic E-state index is 12.6. The first kappa shape index (κ1) is 17.7. The van der Waals surface area contributed by atoms with E-state index in [1.165, 1.54) is 18.6 Å². The molecule has 0 saturated heterocycles. The van der Waals surface area contributed by atoms with Gasteiger partial charge in [-0.25, -0.2) is 4.39 Å². The molecule has 2 nitrogen and oxygen atoms in total. The molecule has 1 rings (SSSR count). The third-order valence-corrected chi connectivity index (χ3v) is 1.97. The maximum atomic E-state index is 12.6. The van der Waals surface area contributed by atoms with E-state index in [-0.39, 0.29) is 5.83 Å². The summed E-state index contributed by atoms with van der Waals surface area (Å²) in [5.41, 5.74) is 2.97. The van der Waals surface area contributed by atoms with Crippen LogP contribution in [0.3, 0.4) is 0 Å². The summed E-state index contributed by atoms with van der Waals surface area (Å²) < 4.78 is 12.6. The Hall–Kier alpha value is -1.64. The minimum atomic E-state index is -0.201. The van der Waals surface area contributed by atoms with E-state index in [0.717, 1.165) is 17.7 Å². The number of carbonyl (C=O) groups excluding carboxylic acids is 1. The first-order valence-electron chi connectivity index (χ1n) is 5.64. The Morgan fingerprint density at radius 1 is 1.47 bits per heavy atom. The van der Waals surface area contributed by atoms with Crippen molar-refractivity contribution in [3.63, 3.8) is 0 Å².